The lowest BCUT2D eigenvalue weighted by atomic mass is 9.70. The lowest BCUT2D eigenvalue weighted by molar-refractivity contribution is 0.660. The number of benzene rings is 12. The molecule has 0 bridgehead atoms. The van der Waals surface area contributed by atoms with Crippen molar-refractivity contribution in [1.82, 2.24) is 0 Å². The Hall–Kier alpha value is -9.76. The van der Waals surface area contributed by atoms with Gasteiger partial charge in [0, 0.05) is 46.1 Å². The van der Waals surface area contributed by atoms with Gasteiger partial charge >= 0.3 is 0 Å². The van der Waals surface area contributed by atoms with Gasteiger partial charge in [0.2, 0.25) is 0 Å². The first-order valence-corrected chi connectivity index (χ1v) is 28.6. The molecule has 0 fully saturated rings. The lowest BCUT2D eigenvalue weighted by Crippen LogP contribution is -2.26. The molecule has 4 aliphatic carbocycles. The monoisotopic (exact) mass is 1050 g/mol. The Morgan fingerprint density at radius 3 is 0.951 bits per heavy atom. The Labute approximate surface area is 484 Å². The summed E-state index contributed by atoms with van der Waals surface area (Å²) in [5, 5.41) is 0. The Kier molecular flexibility index (Phi) is 11.1. The second-order valence-electron chi connectivity index (χ2n) is 23.5. The summed E-state index contributed by atoms with van der Waals surface area (Å²) in [6, 6.07) is 105. The van der Waals surface area contributed by atoms with Gasteiger partial charge in [-0.1, -0.05) is 254 Å². The Morgan fingerprint density at radius 2 is 0.549 bits per heavy atom. The van der Waals surface area contributed by atoms with Crippen LogP contribution in [0.2, 0.25) is 0 Å². The highest BCUT2D eigenvalue weighted by atomic mass is 15.2. The number of hydrogen-bond acceptors (Lipinski definition) is 2. The fraction of sp³-hybridized carbons (Fsp3) is 0.100. The zero-order chi connectivity index (χ0) is 54.2. The van der Waals surface area contributed by atoms with Crippen molar-refractivity contribution in [1.29, 1.82) is 0 Å². The molecule has 0 aromatic heterocycles. The molecule has 0 aliphatic heterocycles. The van der Waals surface area contributed by atoms with Gasteiger partial charge in [-0.25, -0.2) is 0 Å². The molecular weight excluding hydrogens is 989 g/mol. The van der Waals surface area contributed by atoms with Crippen molar-refractivity contribution in [3.8, 4) is 66.8 Å². The second-order valence-corrected chi connectivity index (χ2v) is 23.5. The van der Waals surface area contributed by atoms with Crippen LogP contribution in [-0.4, -0.2) is 0 Å². The number of fused-ring (bicyclic) bond motifs is 16. The first-order chi connectivity index (χ1) is 39.7. The Bertz CT molecular complexity index is 4220. The summed E-state index contributed by atoms with van der Waals surface area (Å²) in [6.07, 6.45) is 0. The molecule has 2 nitrogen and oxygen atoms in total. The van der Waals surface area contributed by atoms with E-state index in [4.69, 9.17) is 0 Å². The van der Waals surface area contributed by atoms with Crippen molar-refractivity contribution in [2.75, 3.05) is 9.80 Å². The normalized spacial score (nSPS) is 14.3. The highest BCUT2D eigenvalue weighted by molar-refractivity contribution is 6.05. The number of nitrogens with zero attached hydrogens (tertiary/aromatic N) is 2. The molecular formula is C80H64N2. The highest BCUT2D eigenvalue weighted by Crippen LogP contribution is 2.67. The first-order valence-electron chi connectivity index (χ1n) is 28.6. The third-order valence-electron chi connectivity index (χ3n) is 18.7. The molecule has 394 valence electrons. The number of hydrogen-bond donors (Lipinski definition) is 0. The maximum absolute atomic E-state index is 2.54. The van der Waals surface area contributed by atoms with Crippen molar-refractivity contribution >= 4 is 34.1 Å². The maximum atomic E-state index is 2.54. The van der Waals surface area contributed by atoms with E-state index in [1.807, 2.05) is 0 Å². The van der Waals surface area contributed by atoms with Crippen LogP contribution in [-0.2, 0) is 16.2 Å². The zero-order valence-electron chi connectivity index (χ0n) is 46.0. The standard InChI is InChI=1S/C79H58N2.CH4.H2/c1-77(2)65-29-15-11-25-59(65)61-47-45-57(49-71(61)77)80(55-41-37-53(38-42-55)51-21-7-5-8-22-51)73-35-19-33-69-75(73)63-27-13-17-31-67(63)79(69)68-32-18-14-28-64(68)76-70(79)34-20-36-74(76)81(56-43-39-54(40-44-56)52-23-9-6-10-24-52)58-46-48-62-60-26-12-16-30-66(60)78(3,4)72(62)50-58;;/h5-50H,1-4H3;1H4;1H. The van der Waals surface area contributed by atoms with Gasteiger partial charge in [0.05, 0.1) is 16.8 Å². The summed E-state index contributed by atoms with van der Waals surface area (Å²) in [7, 11) is 0. The molecule has 4 aliphatic rings. The average molecular weight is 1050 g/mol. The van der Waals surface area contributed by atoms with E-state index >= 15 is 0 Å². The molecule has 0 N–H and O–H groups in total. The van der Waals surface area contributed by atoms with Gasteiger partial charge in [-0.3, -0.25) is 0 Å². The largest absolute Gasteiger partial charge is 0.310 e. The Balaban J connectivity index is 0.00000307. The van der Waals surface area contributed by atoms with Crippen LogP contribution in [0, 0.1) is 0 Å². The minimum atomic E-state index is -0.626. The van der Waals surface area contributed by atoms with E-state index < -0.39 is 5.41 Å². The smallest absolute Gasteiger partial charge is 0.0727 e. The van der Waals surface area contributed by atoms with Crippen LogP contribution in [0.4, 0.5) is 34.1 Å². The van der Waals surface area contributed by atoms with Crippen LogP contribution < -0.4 is 9.80 Å². The van der Waals surface area contributed by atoms with E-state index in [-0.39, 0.29) is 19.7 Å². The maximum Gasteiger partial charge on any atom is 0.0727 e. The van der Waals surface area contributed by atoms with E-state index in [1.54, 1.807) is 0 Å². The van der Waals surface area contributed by atoms with Crippen LogP contribution in [0.1, 0.15) is 81.1 Å². The van der Waals surface area contributed by atoms with E-state index in [0.29, 0.717) is 0 Å². The molecule has 82 heavy (non-hydrogen) atoms. The molecule has 0 saturated carbocycles. The van der Waals surface area contributed by atoms with Crippen LogP contribution in [0.5, 0.6) is 0 Å². The van der Waals surface area contributed by atoms with Crippen molar-refractivity contribution in [3.05, 3.63) is 324 Å². The molecule has 12 aromatic rings. The van der Waals surface area contributed by atoms with Crippen molar-refractivity contribution < 1.29 is 1.43 Å². The molecule has 0 saturated heterocycles. The predicted octanol–water partition coefficient (Wildman–Crippen LogP) is 21.8. The molecule has 0 unspecified atom stereocenters. The molecule has 16 rings (SSSR count). The van der Waals surface area contributed by atoms with Crippen LogP contribution in [0.15, 0.2) is 279 Å². The van der Waals surface area contributed by atoms with Gasteiger partial charge < -0.3 is 9.80 Å². The second kappa shape index (κ2) is 18.4. The Morgan fingerprint density at radius 1 is 0.244 bits per heavy atom. The predicted molar refractivity (Wildman–Crippen MR) is 347 cm³/mol. The number of anilines is 6. The zero-order valence-corrected chi connectivity index (χ0v) is 46.0. The molecule has 12 aromatic carbocycles. The SMILES string of the molecule is C.CC1(C)c2ccccc2-c2ccc(N(c3ccc(-c4ccccc4)cc3)c3cccc4c3-c3ccccc3C43c4ccccc4-c4c(N(c5ccc(-c6ccccc6)cc5)c5ccc6c(c5)C(C)(C)c5ccccc5-6)cccc43)cc21.[HH]. The van der Waals surface area contributed by atoms with Gasteiger partial charge in [0.25, 0.3) is 0 Å². The van der Waals surface area contributed by atoms with E-state index in [2.05, 4.69) is 317 Å². The average Bonchev–Trinajstić information content (AvgIpc) is 1.78. The van der Waals surface area contributed by atoms with Gasteiger partial charge in [-0.05, 0) is 161 Å². The summed E-state index contributed by atoms with van der Waals surface area (Å²) in [4.78, 5) is 5.07. The summed E-state index contributed by atoms with van der Waals surface area (Å²) in [5.41, 5.74) is 31.5. The quantitative estimate of drug-likeness (QED) is 0.150. The fourth-order valence-corrected chi connectivity index (χ4v) is 15.0. The molecule has 0 radical (unpaired) electrons. The van der Waals surface area contributed by atoms with Crippen molar-refractivity contribution in [2.24, 2.45) is 0 Å². The van der Waals surface area contributed by atoms with Gasteiger partial charge in [-0.2, -0.15) is 0 Å². The third-order valence-corrected chi connectivity index (χ3v) is 18.7. The molecule has 1 spiro atoms. The summed E-state index contributed by atoms with van der Waals surface area (Å²) in [6.45, 7) is 9.54. The fourth-order valence-electron chi connectivity index (χ4n) is 15.0. The van der Waals surface area contributed by atoms with Crippen molar-refractivity contribution in [3.63, 3.8) is 0 Å². The molecule has 0 atom stereocenters. The van der Waals surface area contributed by atoms with Crippen LogP contribution in [0.3, 0.4) is 0 Å². The highest BCUT2D eigenvalue weighted by Gasteiger charge is 2.53. The third kappa shape index (κ3) is 6.94. The van der Waals surface area contributed by atoms with E-state index in [1.165, 1.54) is 111 Å². The van der Waals surface area contributed by atoms with Gasteiger partial charge in [0.1, 0.15) is 0 Å². The molecule has 0 amide bonds. The topological polar surface area (TPSA) is 6.48 Å². The minimum Gasteiger partial charge on any atom is -0.310 e. The lowest BCUT2D eigenvalue weighted by Gasteiger charge is -2.33. The first kappa shape index (κ1) is 49.3. The number of rotatable bonds is 8. The van der Waals surface area contributed by atoms with E-state index in [0.717, 1.165) is 34.1 Å². The van der Waals surface area contributed by atoms with E-state index in [9.17, 15) is 0 Å². The van der Waals surface area contributed by atoms with Crippen LogP contribution in [0.25, 0.3) is 66.8 Å². The van der Waals surface area contributed by atoms with Gasteiger partial charge in [-0.15, -0.1) is 0 Å². The van der Waals surface area contributed by atoms with Crippen LogP contribution >= 0.6 is 0 Å². The molecule has 0 heterocycles. The molecule has 2 heteroatoms. The summed E-state index contributed by atoms with van der Waals surface area (Å²) < 4.78 is 0. The van der Waals surface area contributed by atoms with Gasteiger partial charge in [0.15, 0.2) is 0 Å². The minimum absolute atomic E-state index is 0. The summed E-state index contributed by atoms with van der Waals surface area (Å²) in [5.74, 6) is 0. The summed E-state index contributed by atoms with van der Waals surface area (Å²) >= 11 is 0. The van der Waals surface area contributed by atoms with Crippen molar-refractivity contribution in [2.45, 2.75) is 51.4 Å².